The lowest BCUT2D eigenvalue weighted by molar-refractivity contribution is -0.119. The van der Waals surface area contributed by atoms with Crippen molar-refractivity contribution in [2.45, 2.75) is 36.3 Å². The molecule has 0 spiro atoms. The van der Waals surface area contributed by atoms with E-state index in [1.807, 2.05) is 30.5 Å². The number of amides is 3. The number of rotatable bonds is 5. The van der Waals surface area contributed by atoms with Gasteiger partial charge in [-0.15, -0.1) is 10.2 Å². The van der Waals surface area contributed by atoms with Gasteiger partial charge in [0.25, 0.3) is 11.1 Å². The van der Waals surface area contributed by atoms with Crippen LogP contribution in [0.5, 0.6) is 0 Å². The van der Waals surface area contributed by atoms with Crippen LogP contribution in [0.15, 0.2) is 40.1 Å². The van der Waals surface area contributed by atoms with E-state index in [4.69, 9.17) is 4.42 Å². The summed E-state index contributed by atoms with van der Waals surface area (Å²) in [6, 6.07) is 7.54. The third kappa shape index (κ3) is 3.57. The topological polar surface area (TPSA) is 113 Å². The van der Waals surface area contributed by atoms with E-state index in [0.717, 1.165) is 41.1 Å². The zero-order valence-corrected chi connectivity index (χ0v) is 14.8. The van der Waals surface area contributed by atoms with Gasteiger partial charge >= 0.3 is 6.03 Å². The molecule has 8 nitrogen and oxygen atoms in total. The fraction of sp³-hybridized carbons (Fsp3) is 0.294. The van der Waals surface area contributed by atoms with Crippen LogP contribution in [0, 0.1) is 0 Å². The normalized spacial score (nSPS) is 15.0. The second-order valence-corrected chi connectivity index (χ2v) is 7.41. The second kappa shape index (κ2) is 6.83. The number of para-hydroxylation sites is 1. The second-order valence-electron chi connectivity index (χ2n) is 6.12. The Bertz CT molecular complexity index is 962. The number of fused-ring (bicyclic) bond motifs is 1. The molecular formula is C17H17N5O3S. The van der Waals surface area contributed by atoms with E-state index in [2.05, 4.69) is 25.8 Å². The molecule has 3 amide bonds. The maximum atomic E-state index is 12.1. The number of H-pyrrole nitrogens is 1. The summed E-state index contributed by atoms with van der Waals surface area (Å²) in [5.74, 6) is -0.0240. The van der Waals surface area contributed by atoms with Crippen molar-refractivity contribution in [3.05, 3.63) is 30.5 Å². The standard InChI is InChI=1S/C17H17N5O3S/c1-9(14(23)20-16(24)19-10-6-7-10)26-17-22-21-15(25-17)12-8-18-13-5-3-2-4-11(12)13/h2-5,8-10,18H,6-7H2,1H3,(H2,19,20,23,24). The SMILES string of the molecule is CC(Sc1nnc(-c2c[nH]c3ccccc23)o1)C(=O)NC(=O)NC1CC1. The summed E-state index contributed by atoms with van der Waals surface area (Å²) in [6.45, 7) is 1.68. The fourth-order valence-electron chi connectivity index (χ4n) is 2.48. The lowest BCUT2D eigenvalue weighted by Gasteiger charge is -2.09. The number of hydrogen-bond acceptors (Lipinski definition) is 6. The van der Waals surface area contributed by atoms with Crippen LogP contribution in [-0.2, 0) is 4.79 Å². The van der Waals surface area contributed by atoms with E-state index >= 15 is 0 Å². The van der Waals surface area contributed by atoms with Gasteiger partial charge in [0.15, 0.2) is 0 Å². The van der Waals surface area contributed by atoms with Crippen molar-refractivity contribution in [1.29, 1.82) is 0 Å². The van der Waals surface area contributed by atoms with Crippen LogP contribution in [0.3, 0.4) is 0 Å². The highest BCUT2D eigenvalue weighted by Gasteiger charge is 2.26. The quantitative estimate of drug-likeness (QED) is 0.594. The molecule has 0 aliphatic heterocycles. The van der Waals surface area contributed by atoms with Gasteiger partial charge in [-0.25, -0.2) is 4.79 Å². The number of benzene rings is 1. The van der Waals surface area contributed by atoms with Gasteiger partial charge in [-0.3, -0.25) is 10.1 Å². The fourth-order valence-corrected chi connectivity index (χ4v) is 3.17. The number of aromatic amines is 1. The largest absolute Gasteiger partial charge is 0.411 e. The number of hydrogen-bond donors (Lipinski definition) is 3. The van der Waals surface area contributed by atoms with Crippen molar-refractivity contribution in [3.8, 4) is 11.5 Å². The van der Waals surface area contributed by atoms with Crippen molar-refractivity contribution in [2.75, 3.05) is 0 Å². The van der Waals surface area contributed by atoms with Crippen LogP contribution < -0.4 is 10.6 Å². The van der Waals surface area contributed by atoms with Crippen molar-refractivity contribution in [2.24, 2.45) is 0 Å². The summed E-state index contributed by atoms with van der Waals surface area (Å²) in [5, 5.41) is 13.8. The van der Waals surface area contributed by atoms with Crippen LogP contribution in [0.1, 0.15) is 19.8 Å². The zero-order chi connectivity index (χ0) is 18.1. The van der Waals surface area contributed by atoms with Crippen molar-refractivity contribution >= 4 is 34.6 Å². The Morgan fingerprint density at radius 2 is 2.12 bits per heavy atom. The minimum absolute atomic E-state index is 0.195. The first-order valence-corrected chi connectivity index (χ1v) is 9.16. The number of nitrogens with one attached hydrogen (secondary N) is 3. The smallest absolute Gasteiger partial charge is 0.321 e. The number of urea groups is 1. The molecule has 0 bridgehead atoms. The molecule has 134 valence electrons. The number of carbonyl (C=O) groups excluding carboxylic acids is 2. The van der Waals surface area contributed by atoms with Gasteiger partial charge in [-0.05, 0) is 25.8 Å². The first-order chi connectivity index (χ1) is 12.6. The van der Waals surface area contributed by atoms with Gasteiger partial charge in [0.2, 0.25) is 5.91 Å². The molecule has 2 aromatic heterocycles. The first kappa shape index (κ1) is 16.6. The lowest BCUT2D eigenvalue weighted by atomic mass is 10.2. The summed E-state index contributed by atoms with van der Waals surface area (Å²) >= 11 is 1.11. The summed E-state index contributed by atoms with van der Waals surface area (Å²) in [4.78, 5) is 26.9. The number of thioether (sulfide) groups is 1. The molecule has 2 heterocycles. The monoisotopic (exact) mass is 371 g/mol. The Kier molecular flexibility index (Phi) is 4.37. The Balaban J connectivity index is 1.41. The minimum atomic E-state index is -0.545. The average Bonchev–Trinajstić information content (AvgIpc) is 3.15. The van der Waals surface area contributed by atoms with Gasteiger partial charge in [0.05, 0.1) is 10.8 Å². The number of aromatic nitrogens is 3. The maximum Gasteiger partial charge on any atom is 0.321 e. The van der Waals surface area contributed by atoms with Gasteiger partial charge < -0.3 is 14.7 Å². The predicted octanol–water partition coefficient (Wildman–Crippen LogP) is 2.69. The molecular weight excluding hydrogens is 354 g/mol. The molecule has 1 atom stereocenters. The van der Waals surface area contributed by atoms with Gasteiger partial charge in [-0.1, -0.05) is 30.0 Å². The third-order valence-electron chi connectivity index (χ3n) is 4.02. The van der Waals surface area contributed by atoms with E-state index in [1.165, 1.54) is 0 Å². The molecule has 26 heavy (non-hydrogen) atoms. The van der Waals surface area contributed by atoms with Gasteiger partial charge in [0, 0.05) is 23.1 Å². The zero-order valence-electron chi connectivity index (χ0n) is 14.0. The first-order valence-electron chi connectivity index (χ1n) is 8.28. The van der Waals surface area contributed by atoms with E-state index < -0.39 is 17.2 Å². The van der Waals surface area contributed by atoms with Crippen molar-refractivity contribution in [3.63, 3.8) is 0 Å². The summed E-state index contributed by atoms with van der Waals surface area (Å²) < 4.78 is 5.68. The van der Waals surface area contributed by atoms with Gasteiger partial charge in [0.1, 0.15) is 0 Å². The molecule has 9 heteroatoms. The Hall–Kier alpha value is -2.81. The minimum Gasteiger partial charge on any atom is -0.411 e. The number of imide groups is 1. The van der Waals surface area contributed by atoms with Crippen LogP contribution in [0.4, 0.5) is 4.79 Å². The summed E-state index contributed by atoms with van der Waals surface area (Å²) in [5.41, 5.74) is 1.78. The van der Waals surface area contributed by atoms with E-state index in [1.54, 1.807) is 6.92 Å². The molecule has 1 unspecified atom stereocenters. The lowest BCUT2D eigenvalue weighted by Crippen LogP contribution is -2.43. The van der Waals surface area contributed by atoms with Gasteiger partial charge in [-0.2, -0.15) is 0 Å². The third-order valence-corrected chi connectivity index (χ3v) is 4.96. The molecule has 0 saturated heterocycles. The molecule has 4 rings (SSSR count). The Morgan fingerprint density at radius 1 is 1.31 bits per heavy atom. The molecule has 1 aliphatic rings. The molecule has 1 saturated carbocycles. The average molecular weight is 371 g/mol. The number of carbonyl (C=O) groups is 2. The molecule has 1 fully saturated rings. The van der Waals surface area contributed by atoms with Crippen LogP contribution in [-0.4, -0.2) is 38.4 Å². The molecule has 3 aromatic rings. The Morgan fingerprint density at radius 3 is 2.92 bits per heavy atom. The molecule has 0 radical (unpaired) electrons. The van der Waals surface area contributed by atoms with Crippen molar-refractivity contribution in [1.82, 2.24) is 25.8 Å². The van der Waals surface area contributed by atoms with Crippen molar-refractivity contribution < 1.29 is 14.0 Å². The maximum absolute atomic E-state index is 12.1. The van der Waals surface area contributed by atoms with Crippen LogP contribution in [0.25, 0.3) is 22.4 Å². The van der Waals surface area contributed by atoms with E-state index in [9.17, 15) is 9.59 Å². The highest BCUT2D eigenvalue weighted by Crippen LogP contribution is 2.30. The number of nitrogens with zero attached hydrogens (tertiary/aromatic N) is 2. The summed E-state index contributed by atoms with van der Waals surface area (Å²) in [7, 11) is 0. The van der Waals surface area contributed by atoms with E-state index in [0.29, 0.717) is 5.89 Å². The molecule has 1 aromatic carbocycles. The van der Waals surface area contributed by atoms with E-state index in [-0.39, 0.29) is 11.3 Å². The molecule has 3 N–H and O–H groups in total. The van der Waals surface area contributed by atoms with Crippen LogP contribution in [0.2, 0.25) is 0 Å². The molecule has 1 aliphatic carbocycles. The predicted molar refractivity (Wildman–Crippen MR) is 96.6 cm³/mol. The highest BCUT2D eigenvalue weighted by molar-refractivity contribution is 8.00. The summed E-state index contributed by atoms with van der Waals surface area (Å²) in [6.07, 6.45) is 3.74. The Labute approximate surface area is 153 Å². The highest BCUT2D eigenvalue weighted by atomic mass is 32.2. The van der Waals surface area contributed by atoms with Crippen LogP contribution >= 0.6 is 11.8 Å².